The zero-order chi connectivity index (χ0) is 13.9. The van der Waals surface area contributed by atoms with Gasteiger partial charge < -0.3 is 9.66 Å². The molecule has 1 unspecified atom stereocenters. The topological polar surface area (TPSA) is 77.4 Å². The van der Waals surface area contributed by atoms with E-state index < -0.39 is 15.4 Å². The quantitative estimate of drug-likeness (QED) is 0.308. The van der Waals surface area contributed by atoms with Crippen molar-refractivity contribution in [1.82, 2.24) is 0 Å². The molecule has 0 aliphatic rings. The van der Waals surface area contributed by atoms with Crippen LogP contribution in [-0.2, 0) is 10.1 Å². The third-order valence-corrected chi connectivity index (χ3v) is 4.53. The number of hydrogen-bond acceptors (Lipinski definition) is 4. The van der Waals surface area contributed by atoms with Crippen LogP contribution >= 0.6 is 0 Å². The van der Waals surface area contributed by atoms with E-state index in [0.717, 1.165) is 19.3 Å². The van der Waals surface area contributed by atoms with Crippen LogP contribution in [0.5, 0.6) is 0 Å². The standard InChI is InChI=1S/C13H28O4S.Na/c1-2-3-4-5-6-7-8-9-10-13(11-12-14)18(15,16)17;/h13-14H,2-12H2,1H3,(H,15,16,17);/q;+1/p-1. The van der Waals surface area contributed by atoms with Crippen LogP contribution in [0.15, 0.2) is 0 Å². The summed E-state index contributed by atoms with van der Waals surface area (Å²) >= 11 is 0. The molecule has 0 heterocycles. The Morgan fingerprint density at radius 1 is 0.947 bits per heavy atom. The number of unbranched alkanes of at least 4 members (excludes halogenated alkanes) is 7. The van der Waals surface area contributed by atoms with Crippen LogP contribution in [0.2, 0.25) is 0 Å². The minimum atomic E-state index is -4.24. The average molecular weight is 302 g/mol. The van der Waals surface area contributed by atoms with Crippen LogP contribution in [0.4, 0.5) is 0 Å². The molecule has 0 amide bonds. The average Bonchev–Trinajstić information content (AvgIpc) is 2.30. The summed E-state index contributed by atoms with van der Waals surface area (Å²) in [5, 5.41) is 7.82. The molecule has 0 rings (SSSR count). The normalized spacial score (nSPS) is 13.0. The van der Waals surface area contributed by atoms with Gasteiger partial charge in [0.05, 0.1) is 15.4 Å². The van der Waals surface area contributed by atoms with E-state index in [-0.39, 0.29) is 42.6 Å². The summed E-state index contributed by atoms with van der Waals surface area (Å²) in [7, 11) is -4.24. The van der Waals surface area contributed by atoms with Gasteiger partial charge in [0.15, 0.2) is 0 Å². The molecule has 0 aliphatic carbocycles. The van der Waals surface area contributed by atoms with Gasteiger partial charge in [0.2, 0.25) is 0 Å². The fourth-order valence-corrected chi connectivity index (χ4v) is 2.93. The monoisotopic (exact) mass is 302 g/mol. The fourth-order valence-electron chi connectivity index (χ4n) is 2.08. The third-order valence-electron chi connectivity index (χ3n) is 3.24. The fraction of sp³-hybridized carbons (Fsp3) is 1.00. The first kappa shape index (κ1) is 22.2. The van der Waals surface area contributed by atoms with Gasteiger partial charge in [-0.3, -0.25) is 0 Å². The molecule has 1 atom stereocenters. The van der Waals surface area contributed by atoms with Crippen molar-refractivity contribution < 1.29 is 47.6 Å². The van der Waals surface area contributed by atoms with E-state index in [2.05, 4.69) is 6.92 Å². The molecule has 110 valence electrons. The van der Waals surface area contributed by atoms with E-state index in [9.17, 15) is 13.0 Å². The van der Waals surface area contributed by atoms with E-state index in [0.29, 0.717) is 6.42 Å². The van der Waals surface area contributed by atoms with Crippen molar-refractivity contribution in [2.45, 2.75) is 76.4 Å². The third kappa shape index (κ3) is 13.6. The summed E-state index contributed by atoms with van der Waals surface area (Å²) in [6.07, 6.45) is 9.54. The van der Waals surface area contributed by atoms with Gasteiger partial charge in [0.1, 0.15) is 0 Å². The van der Waals surface area contributed by atoms with E-state index in [4.69, 9.17) is 5.11 Å². The molecule has 0 spiro atoms. The van der Waals surface area contributed by atoms with Crippen molar-refractivity contribution in [2.75, 3.05) is 6.61 Å². The van der Waals surface area contributed by atoms with Crippen molar-refractivity contribution in [2.24, 2.45) is 0 Å². The molecular weight excluding hydrogens is 275 g/mol. The number of aliphatic hydroxyl groups is 1. The Morgan fingerprint density at radius 3 is 1.84 bits per heavy atom. The van der Waals surface area contributed by atoms with Crippen molar-refractivity contribution in [3.63, 3.8) is 0 Å². The zero-order valence-electron chi connectivity index (χ0n) is 12.4. The van der Waals surface area contributed by atoms with Crippen LogP contribution < -0.4 is 29.6 Å². The maximum Gasteiger partial charge on any atom is 1.00 e. The number of hydrogen-bond donors (Lipinski definition) is 1. The molecule has 0 radical (unpaired) electrons. The minimum Gasteiger partial charge on any atom is -0.748 e. The Bertz CT molecular complexity index is 280. The molecule has 19 heavy (non-hydrogen) atoms. The molecule has 0 aromatic carbocycles. The van der Waals surface area contributed by atoms with Gasteiger partial charge in [-0.1, -0.05) is 58.3 Å². The predicted molar refractivity (Wildman–Crippen MR) is 72.4 cm³/mol. The Labute approximate surface area is 140 Å². The second-order valence-corrected chi connectivity index (χ2v) is 6.54. The number of rotatable bonds is 12. The van der Waals surface area contributed by atoms with Gasteiger partial charge in [0.25, 0.3) is 0 Å². The second-order valence-electron chi connectivity index (χ2n) is 4.89. The Hall–Kier alpha value is 0.870. The van der Waals surface area contributed by atoms with Gasteiger partial charge in [-0.05, 0) is 12.8 Å². The molecule has 0 saturated carbocycles. The summed E-state index contributed by atoms with van der Waals surface area (Å²) in [4.78, 5) is 0. The molecule has 0 fully saturated rings. The molecule has 0 aromatic rings. The van der Waals surface area contributed by atoms with E-state index in [1.807, 2.05) is 0 Å². The SMILES string of the molecule is CCCCCCCCCCC(CCO)S(=O)(=O)[O-].[Na+]. The van der Waals surface area contributed by atoms with Gasteiger partial charge in [-0.25, -0.2) is 8.42 Å². The summed E-state index contributed by atoms with van der Waals surface area (Å²) in [5.41, 5.74) is 0. The van der Waals surface area contributed by atoms with E-state index >= 15 is 0 Å². The zero-order valence-corrected chi connectivity index (χ0v) is 15.3. The van der Waals surface area contributed by atoms with Crippen LogP contribution in [0.1, 0.15) is 71.1 Å². The summed E-state index contributed by atoms with van der Waals surface area (Å²) < 4.78 is 32.7. The molecule has 0 aromatic heterocycles. The molecule has 0 aliphatic heterocycles. The first-order chi connectivity index (χ1) is 8.52. The van der Waals surface area contributed by atoms with E-state index in [1.54, 1.807) is 0 Å². The predicted octanol–water partition coefficient (Wildman–Crippen LogP) is -0.183. The Kier molecular flexibility index (Phi) is 16.1. The van der Waals surface area contributed by atoms with Crippen molar-refractivity contribution in [3.8, 4) is 0 Å². The first-order valence-electron chi connectivity index (χ1n) is 7.08. The molecule has 0 saturated heterocycles. The molecule has 1 N–H and O–H groups in total. The molecule has 6 heteroatoms. The number of aliphatic hydroxyl groups excluding tert-OH is 1. The van der Waals surface area contributed by atoms with Crippen LogP contribution in [0, 0.1) is 0 Å². The molecule has 4 nitrogen and oxygen atoms in total. The summed E-state index contributed by atoms with van der Waals surface area (Å²) in [6.45, 7) is 1.95. The van der Waals surface area contributed by atoms with Crippen molar-refractivity contribution in [3.05, 3.63) is 0 Å². The largest absolute Gasteiger partial charge is 1.00 e. The summed E-state index contributed by atoms with van der Waals surface area (Å²) in [5.74, 6) is 0. The smallest absolute Gasteiger partial charge is 0.748 e. The maximum absolute atomic E-state index is 10.9. The first-order valence-corrected chi connectivity index (χ1v) is 8.55. The van der Waals surface area contributed by atoms with Crippen LogP contribution in [0.3, 0.4) is 0 Å². The van der Waals surface area contributed by atoms with Crippen molar-refractivity contribution >= 4 is 10.1 Å². The minimum absolute atomic E-state index is 0. The van der Waals surface area contributed by atoms with Crippen molar-refractivity contribution in [1.29, 1.82) is 0 Å². The van der Waals surface area contributed by atoms with Gasteiger partial charge >= 0.3 is 29.6 Å². The van der Waals surface area contributed by atoms with Crippen LogP contribution in [0.25, 0.3) is 0 Å². The van der Waals surface area contributed by atoms with Gasteiger partial charge in [-0.2, -0.15) is 0 Å². The molecule has 0 bridgehead atoms. The van der Waals surface area contributed by atoms with Gasteiger partial charge in [0, 0.05) is 6.61 Å². The maximum atomic E-state index is 10.9. The second kappa shape index (κ2) is 13.8. The van der Waals surface area contributed by atoms with E-state index in [1.165, 1.54) is 32.1 Å². The Balaban J connectivity index is 0. The Morgan fingerprint density at radius 2 is 1.42 bits per heavy atom. The van der Waals surface area contributed by atoms with Gasteiger partial charge in [-0.15, -0.1) is 0 Å². The van der Waals surface area contributed by atoms with Crippen LogP contribution in [-0.4, -0.2) is 29.9 Å². The summed E-state index contributed by atoms with van der Waals surface area (Å²) in [6, 6.07) is 0. The molecular formula is C13H27NaO4S.